The van der Waals surface area contributed by atoms with Gasteiger partial charge in [0.25, 0.3) is 10.2 Å². The first-order valence-electron chi connectivity index (χ1n) is 7.61. The lowest BCUT2D eigenvalue weighted by molar-refractivity contribution is -0.149. The largest absolute Gasteiger partial charge is 0.466 e. The van der Waals surface area contributed by atoms with E-state index in [1.165, 1.54) is 8.61 Å². The Balaban J connectivity index is 1.90. The molecule has 122 valence electrons. The molecule has 0 aromatic heterocycles. The fourth-order valence-corrected chi connectivity index (χ4v) is 4.68. The number of esters is 1. The van der Waals surface area contributed by atoms with Crippen LogP contribution in [0.3, 0.4) is 0 Å². The summed E-state index contributed by atoms with van der Waals surface area (Å²) in [6, 6.07) is 0. The summed E-state index contributed by atoms with van der Waals surface area (Å²) in [6.07, 6.45) is 1.90. The monoisotopic (exact) mass is 319 g/mol. The smallest absolute Gasteiger partial charge is 0.309 e. The molecule has 2 fully saturated rings. The van der Waals surface area contributed by atoms with Gasteiger partial charge < -0.3 is 10.5 Å². The third-order valence-corrected chi connectivity index (χ3v) is 6.31. The van der Waals surface area contributed by atoms with Crippen molar-refractivity contribution >= 4 is 16.2 Å². The molecule has 0 radical (unpaired) electrons. The van der Waals surface area contributed by atoms with E-state index in [1.807, 2.05) is 0 Å². The number of nitrogens with zero attached hydrogens (tertiary/aromatic N) is 2. The Morgan fingerprint density at radius 3 is 2.33 bits per heavy atom. The first-order valence-corrected chi connectivity index (χ1v) is 9.00. The number of rotatable bonds is 5. The molecule has 7 nitrogen and oxygen atoms in total. The van der Waals surface area contributed by atoms with E-state index < -0.39 is 10.2 Å². The Kier molecular flexibility index (Phi) is 5.59. The van der Waals surface area contributed by atoms with Crippen molar-refractivity contribution < 1.29 is 17.9 Å². The van der Waals surface area contributed by atoms with Gasteiger partial charge in [0.2, 0.25) is 0 Å². The molecule has 8 heteroatoms. The second-order valence-electron chi connectivity index (χ2n) is 5.68. The number of carbonyl (C=O) groups is 1. The molecule has 1 unspecified atom stereocenters. The molecule has 0 aromatic rings. The minimum absolute atomic E-state index is 0.174. The molecule has 2 aliphatic heterocycles. The van der Waals surface area contributed by atoms with Gasteiger partial charge in [0.15, 0.2) is 0 Å². The van der Waals surface area contributed by atoms with Gasteiger partial charge in [-0.2, -0.15) is 17.0 Å². The number of nitrogens with two attached hydrogens (primary N) is 1. The van der Waals surface area contributed by atoms with Crippen LogP contribution < -0.4 is 5.73 Å². The summed E-state index contributed by atoms with van der Waals surface area (Å²) in [5.41, 5.74) is 5.61. The quantitative estimate of drug-likeness (QED) is 0.708. The molecule has 0 amide bonds. The Morgan fingerprint density at radius 1 is 1.19 bits per heavy atom. The molecular weight excluding hydrogens is 294 g/mol. The van der Waals surface area contributed by atoms with Crippen molar-refractivity contribution in [3.63, 3.8) is 0 Å². The van der Waals surface area contributed by atoms with Gasteiger partial charge >= 0.3 is 5.97 Å². The lowest BCUT2D eigenvalue weighted by Crippen LogP contribution is -2.47. The van der Waals surface area contributed by atoms with Crippen LogP contribution in [0.4, 0.5) is 0 Å². The van der Waals surface area contributed by atoms with Crippen molar-refractivity contribution in [3.8, 4) is 0 Å². The maximum absolute atomic E-state index is 12.5. The molecule has 21 heavy (non-hydrogen) atoms. The van der Waals surface area contributed by atoms with Crippen molar-refractivity contribution in [2.24, 2.45) is 17.6 Å². The van der Waals surface area contributed by atoms with Crippen molar-refractivity contribution in [3.05, 3.63) is 0 Å². The average molecular weight is 319 g/mol. The summed E-state index contributed by atoms with van der Waals surface area (Å²) in [5.74, 6) is -0.123. The van der Waals surface area contributed by atoms with Crippen molar-refractivity contribution in [1.82, 2.24) is 8.61 Å². The molecule has 1 atom stereocenters. The van der Waals surface area contributed by atoms with E-state index in [9.17, 15) is 13.2 Å². The standard InChI is InChI=1S/C13H25N3O4S/c1-2-20-13(17)12-4-7-15(8-5-12)21(18,19)16-6-3-11(9-14)10-16/h11-12H,2-10,14H2,1H3. The Bertz CT molecular complexity index is 460. The molecule has 2 aliphatic rings. The topological polar surface area (TPSA) is 92.9 Å². The number of ether oxygens (including phenoxy) is 1. The van der Waals surface area contributed by atoms with Gasteiger partial charge in [-0.3, -0.25) is 4.79 Å². The molecule has 0 spiro atoms. The maximum atomic E-state index is 12.5. The average Bonchev–Trinajstić information content (AvgIpc) is 2.97. The first kappa shape index (κ1) is 16.7. The number of hydrogen-bond acceptors (Lipinski definition) is 5. The predicted octanol–water partition coefficient (Wildman–Crippen LogP) is -0.213. The van der Waals surface area contributed by atoms with E-state index in [0.29, 0.717) is 52.2 Å². The van der Waals surface area contributed by atoms with Gasteiger partial charge in [-0.15, -0.1) is 0 Å². The number of piperidine rings is 1. The second-order valence-corrected chi connectivity index (χ2v) is 7.61. The van der Waals surface area contributed by atoms with Gasteiger partial charge in [-0.1, -0.05) is 0 Å². The van der Waals surface area contributed by atoms with Crippen LogP contribution in [0.5, 0.6) is 0 Å². The molecule has 0 aromatic carbocycles. The third-order valence-electron chi connectivity index (χ3n) is 4.31. The molecule has 2 N–H and O–H groups in total. The summed E-state index contributed by atoms with van der Waals surface area (Å²) < 4.78 is 33.1. The molecular formula is C13H25N3O4S. The van der Waals surface area contributed by atoms with Gasteiger partial charge in [-0.25, -0.2) is 0 Å². The van der Waals surface area contributed by atoms with Crippen LogP contribution in [0.2, 0.25) is 0 Å². The van der Waals surface area contributed by atoms with Gasteiger partial charge in [0, 0.05) is 26.2 Å². The molecule has 0 saturated carbocycles. The summed E-state index contributed by atoms with van der Waals surface area (Å²) in [7, 11) is -3.41. The summed E-state index contributed by atoms with van der Waals surface area (Å²) >= 11 is 0. The molecule has 2 heterocycles. The van der Waals surface area contributed by atoms with Crippen LogP contribution >= 0.6 is 0 Å². The van der Waals surface area contributed by atoms with E-state index in [-0.39, 0.29) is 17.8 Å². The summed E-state index contributed by atoms with van der Waals surface area (Å²) in [6.45, 7) is 4.49. The van der Waals surface area contributed by atoms with Gasteiger partial charge in [-0.05, 0) is 38.6 Å². The zero-order valence-corrected chi connectivity index (χ0v) is 13.3. The lowest BCUT2D eigenvalue weighted by Gasteiger charge is -2.32. The van der Waals surface area contributed by atoms with Crippen molar-refractivity contribution in [2.45, 2.75) is 26.2 Å². The molecule has 2 rings (SSSR count). The van der Waals surface area contributed by atoms with Crippen LogP contribution in [-0.2, 0) is 19.7 Å². The highest BCUT2D eigenvalue weighted by Crippen LogP contribution is 2.25. The van der Waals surface area contributed by atoms with Crippen LogP contribution in [0, 0.1) is 11.8 Å². The SMILES string of the molecule is CCOC(=O)C1CCN(S(=O)(=O)N2CCC(CN)C2)CC1. The highest BCUT2D eigenvalue weighted by atomic mass is 32.2. The Morgan fingerprint density at radius 2 is 1.81 bits per heavy atom. The van der Waals surface area contributed by atoms with Crippen LogP contribution in [0.1, 0.15) is 26.2 Å². The number of hydrogen-bond donors (Lipinski definition) is 1. The van der Waals surface area contributed by atoms with Crippen molar-refractivity contribution in [1.29, 1.82) is 0 Å². The highest BCUT2D eigenvalue weighted by molar-refractivity contribution is 7.86. The summed E-state index contributed by atoms with van der Waals surface area (Å²) in [5, 5.41) is 0. The zero-order valence-electron chi connectivity index (χ0n) is 12.5. The van der Waals surface area contributed by atoms with E-state index >= 15 is 0 Å². The van der Waals surface area contributed by atoms with Crippen molar-refractivity contribution in [2.75, 3.05) is 39.3 Å². The summed E-state index contributed by atoms with van der Waals surface area (Å²) in [4.78, 5) is 11.7. The molecule has 2 saturated heterocycles. The van der Waals surface area contributed by atoms with Gasteiger partial charge in [0.1, 0.15) is 0 Å². The van der Waals surface area contributed by atoms with Crippen LogP contribution in [-0.4, -0.2) is 62.3 Å². The fourth-order valence-electron chi connectivity index (χ4n) is 2.94. The van der Waals surface area contributed by atoms with E-state index in [2.05, 4.69) is 0 Å². The zero-order chi connectivity index (χ0) is 15.5. The second kappa shape index (κ2) is 7.04. The molecule has 0 bridgehead atoms. The normalized spacial score (nSPS) is 26.1. The van der Waals surface area contributed by atoms with E-state index in [0.717, 1.165) is 6.42 Å². The predicted molar refractivity (Wildman–Crippen MR) is 78.6 cm³/mol. The first-order chi connectivity index (χ1) is 9.98. The van der Waals surface area contributed by atoms with Crippen LogP contribution in [0.15, 0.2) is 0 Å². The van der Waals surface area contributed by atoms with E-state index in [4.69, 9.17) is 10.5 Å². The minimum Gasteiger partial charge on any atom is -0.466 e. The van der Waals surface area contributed by atoms with Gasteiger partial charge in [0.05, 0.1) is 12.5 Å². The maximum Gasteiger partial charge on any atom is 0.309 e. The lowest BCUT2D eigenvalue weighted by atomic mass is 9.98. The molecule has 0 aliphatic carbocycles. The third kappa shape index (κ3) is 3.74. The Hall–Kier alpha value is -0.700. The van der Waals surface area contributed by atoms with E-state index in [1.54, 1.807) is 6.92 Å². The fraction of sp³-hybridized carbons (Fsp3) is 0.923. The number of carbonyl (C=O) groups excluding carboxylic acids is 1. The van der Waals surface area contributed by atoms with Crippen LogP contribution in [0.25, 0.3) is 0 Å². The highest BCUT2D eigenvalue weighted by Gasteiger charge is 2.38. The minimum atomic E-state index is -3.41. The Labute approximate surface area is 126 Å².